The van der Waals surface area contributed by atoms with E-state index in [4.69, 9.17) is 11.6 Å². The lowest BCUT2D eigenvalue weighted by Crippen LogP contribution is -2.15. The molecule has 0 spiro atoms. The van der Waals surface area contributed by atoms with Crippen molar-refractivity contribution in [2.45, 2.75) is 32.8 Å². The number of benzene rings is 1. The smallest absolute Gasteiger partial charge is 0.126 e. The summed E-state index contributed by atoms with van der Waals surface area (Å²) in [6.45, 7) is 3.89. The number of halogens is 2. The Balaban J connectivity index is 2.61. The van der Waals surface area contributed by atoms with Crippen LogP contribution in [0.15, 0.2) is 18.2 Å². The van der Waals surface area contributed by atoms with Crippen LogP contribution in [0.1, 0.15) is 25.8 Å². The molecular weight excluding hydrogens is 215 g/mol. The van der Waals surface area contributed by atoms with Gasteiger partial charge in [-0.25, -0.2) is 4.39 Å². The summed E-state index contributed by atoms with van der Waals surface area (Å²) in [4.78, 5) is 0. The van der Waals surface area contributed by atoms with E-state index in [0.29, 0.717) is 23.4 Å². The largest absolute Gasteiger partial charge is 0.393 e. The summed E-state index contributed by atoms with van der Waals surface area (Å²) in [6, 6.07) is 4.50. The van der Waals surface area contributed by atoms with Gasteiger partial charge in [0.2, 0.25) is 0 Å². The fourth-order valence-electron chi connectivity index (χ4n) is 1.37. The molecule has 0 aromatic heterocycles. The number of hydrogen-bond acceptors (Lipinski definition) is 1. The van der Waals surface area contributed by atoms with E-state index < -0.39 is 0 Å². The number of aliphatic hydroxyl groups is 1. The average Bonchev–Trinajstić information content (AvgIpc) is 2.18. The van der Waals surface area contributed by atoms with Gasteiger partial charge in [-0.2, -0.15) is 0 Å². The minimum atomic E-state index is -0.386. The van der Waals surface area contributed by atoms with Crippen molar-refractivity contribution < 1.29 is 9.50 Å². The first-order valence-corrected chi connectivity index (χ1v) is 5.50. The van der Waals surface area contributed by atoms with Crippen LogP contribution >= 0.6 is 11.6 Å². The van der Waals surface area contributed by atoms with E-state index in [1.165, 1.54) is 12.1 Å². The van der Waals surface area contributed by atoms with Gasteiger partial charge in [-0.1, -0.05) is 25.4 Å². The van der Waals surface area contributed by atoms with Crippen LogP contribution < -0.4 is 0 Å². The van der Waals surface area contributed by atoms with Gasteiger partial charge in [-0.3, -0.25) is 0 Å². The normalized spacial score (nSPS) is 13.2. The molecule has 1 unspecified atom stereocenters. The van der Waals surface area contributed by atoms with Crippen LogP contribution in [0.25, 0.3) is 0 Å². The van der Waals surface area contributed by atoms with Gasteiger partial charge in [-0.15, -0.1) is 0 Å². The first-order chi connectivity index (χ1) is 7.00. The zero-order valence-electron chi connectivity index (χ0n) is 9.00. The van der Waals surface area contributed by atoms with Crippen molar-refractivity contribution in [2.75, 3.05) is 0 Å². The van der Waals surface area contributed by atoms with E-state index in [0.717, 1.165) is 0 Å². The SMILES string of the molecule is CC(C)C(O)CCc1cc(Cl)ccc1F. The van der Waals surface area contributed by atoms with E-state index in [-0.39, 0.29) is 17.8 Å². The zero-order chi connectivity index (χ0) is 11.4. The van der Waals surface area contributed by atoms with E-state index in [9.17, 15) is 9.50 Å². The molecule has 0 aliphatic heterocycles. The van der Waals surface area contributed by atoms with Gasteiger partial charge >= 0.3 is 0 Å². The highest BCUT2D eigenvalue weighted by atomic mass is 35.5. The monoisotopic (exact) mass is 230 g/mol. The lowest BCUT2D eigenvalue weighted by Gasteiger charge is -2.14. The summed E-state index contributed by atoms with van der Waals surface area (Å²) in [6.07, 6.45) is 0.698. The van der Waals surface area contributed by atoms with Gasteiger partial charge in [0.1, 0.15) is 5.82 Å². The molecule has 0 bridgehead atoms. The molecular formula is C12H16ClFO. The Labute approximate surface area is 94.9 Å². The number of aryl methyl sites for hydroxylation is 1. The highest BCUT2D eigenvalue weighted by molar-refractivity contribution is 6.30. The molecule has 0 aliphatic rings. The predicted octanol–water partition coefficient (Wildman–Crippen LogP) is 3.43. The van der Waals surface area contributed by atoms with Crippen LogP contribution in [0.2, 0.25) is 5.02 Å². The topological polar surface area (TPSA) is 20.2 Å². The zero-order valence-corrected chi connectivity index (χ0v) is 9.76. The van der Waals surface area contributed by atoms with E-state index in [2.05, 4.69) is 0 Å². The van der Waals surface area contributed by atoms with Gasteiger partial charge in [0.05, 0.1) is 6.10 Å². The third kappa shape index (κ3) is 3.80. The number of aliphatic hydroxyl groups excluding tert-OH is 1. The summed E-state index contributed by atoms with van der Waals surface area (Å²) in [5.41, 5.74) is 0.571. The molecule has 1 rings (SSSR count). The molecule has 1 atom stereocenters. The summed E-state index contributed by atoms with van der Waals surface area (Å²) < 4.78 is 13.3. The van der Waals surface area contributed by atoms with E-state index in [1.807, 2.05) is 13.8 Å². The molecule has 3 heteroatoms. The predicted molar refractivity (Wildman–Crippen MR) is 60.6 cm³/mol. The molecule has 84 valence electrons. The van der Waals surface area contributed by atoms with Crippen LogP contribution in [0, 0.1) is 11.7 Å². The van der Waals surface area contributed by atoms with Crippen molar-refractivity contribution in [1.82, 2.24) is 0 Å². The third-order valence-corrected chi connectivity index (χ3v) is 2.72. The van der Waals surface area contributed by atoms with E-state index >= 15 is 0 Å². The van der Waals surface area contributed by atoms with Crippen molar-refractivity contribution in [2.24, 2.45) is 5.92 Å². The molecule has 0 fully saturated rings. The summed E-state index contributed by atoms with van der Waals surface area (Å²) in [5, 5.41) is 10.1. The quantitative estimate of drug-likeness (QED) is 0.840. The number of hydrogen-bond donors (Lipinski definition) is 1. The van der Waals surface area contributed by atoms with Crippen LogP contribution in [0.3, 0.4) is 0 Å². The van der Waals surface area contributed by atoms with Gasteiger partial charge < -0.3 is 5.11 Å². The molecule has 0 amide bonds. The van der Waals surface area contributed by atoms with Gasteiger partial charge in [0.15, 0.2) is 0 Å². The highest BCUT2D eigenvalue weighted by Gasteiger charge is 2.11. The molecule has 0 aliphatic carbocycles. The maximum absolute atomic E-state index is 13.3. The van der Waals surface area contributed by atoms with Crippen LogP contribution in [0.5, 0.6) is 0 Å². The minimum Gasteiger partial charge on any atom is -0.393 e. The van der Waals surface area contributed by atoms with Gasteiger partial charge in [0.25, 0.3) is 0 Å². The molecule has 0 saturated heterocycles. The Morgan fingerprint density at radius 2 is 2.07 bits per heavy atom. The Morgan fingerprint density at radius 1 is 1.40 bits per heavy atom. The van der Waals surface area contributed by atoms with Crippen LogP contribution in [0.4, 0.5) is 4.39 Å². The Bertz CT molecular complexity index is 325. The summed E-state index contributed by atoms with van der Waals surface area (Å²) >= 11 is 5.77. The highest BCUT2D eigenvalue weighted by Crippen LogP contribution is 2.18. The van der Waals surface area contributed by atoms with Gasteiger partial charge in [0, 0.05) is 5.02 Å². The fourth-order valence-corrected chi connectivity index (χ4v) is 1.57. The maximum Gasteiger partial charge on any atom is 0.126 e. The van der Waals surface area contributed by atoms with Crippen LogP contribution in [-0.2, 0) is 6.42 Å². The first-order valence-electron chi connectivity index (χ1n) is 5.12. The average molecular weight is 231 g/mol. The van der Waals surface area contributed by atoms with Gasteiger partial charge in [-0.05, 0) is 42.5 Å². The lowest BCUT2D eigenvalue weighted by atomic mass is 9.99. The van der Waals surface area contributed by atoms with E-state index in [1.54, 1.807) is 6.07 Å². The van der Waals surface area contributed by atoms with Crippen LogP contribution in [-0.4, -0.2) is 11.2 Å². The molecule has 1 N–H and O–H groups in total. The Hall–Kier alpha value is -0.600. The lowest BCUT2D eigenvalue weighted by molar-refractivity contribution is 0.116. The molecule has 1 aromatic rings. The molecule has 0 radical (unpaired) electrons. The second kappa shape index (κ2) is 5.47. The second-order valence-corrected chi connectivity index (χ2v) is 4.52. The fraction of sp³-hybridized carbons (Fsp3) is 0.500. The Morgan fingerprint density at radius 3 is 2.67 bits per heavy atom. The molecule has 0 heterocycles. The maximum atomic E-state index is 13.3. The molecule has 1 aromatic carbocycles. The standard InChI is InChI=1S/C12H16ClFO/c1-8(2)12(15)6-3-9-7-10(13)4-5-11(9)14/h4-5,7-8,12,15H,3,6H2,1-2H3. The minimum absolute atomic E-state index is 0.201. The van der Waals surface area contributed by atoms with Crippen molar-refractivity contribution in [3.05, 3.63) is 34.6 Å². The third-order valence-electron chi connectivity index (χ3n) is 2.49. The molecule has 0 saturated carbocycles. The summed E-state index contributed by atoms with van der Waals surface area (Å²) in [5.74, 6) is -0.0531. The first kappa shape index (κ1) is 12.5. The van der Waals surface area contributed by atoms with Crippen molar-refractivity contribution in [1.29, 1.82) is 0 Å². The second-order valence-electron chi connectivity index (χ2n) is 4.09. The number of rotatable bonds is 4. The van der Waals surface area contributed by atoms with Crippen molar-refractivity contribution in [3.8, 4) is 0 Å². The Kier molecular flexibility index (Phi) is 4.55. The molecule has 15 heavy (non-hydrogen) atoms. The van der Waals surface area contributed by atoms with Crippen molar-refractivity contribution >= 4 is 11.6 Å². The van der Waals surface area contributed by atoms with Crippen molar-refractivity contribution in [3.63, 3.8) is 0 Å². The molecule has 1 nitrogen and oxygen atoms in total. The summed E-state index contributed by atoms with van der Waals surface area (Å²) in [7, 11) is 0.